The van der Waals surface area contributed by atoms with Crippen molar-refractivity contribution in [3.05, 3.63) is 81.9 Å². The minimum Gasteiger partial charge on any atom is -0.507 e. The van der Waals surface area contributed by atoms with Crippen LogP contribution in [0.25, 0.3) is 11.1 Å². The van der Waals surface area contributed by atoms with Gasteiger partial charge in [0.25, 0.3) is 5.69 Å². The highest BCUT2D eigenvalue weighted by molar-refractivity contribution is 5.87. The number of rotatable bonds is 10. The highest BCUT2D eigenvalue weighted by Crippen LogP contribution is 2.40. The molecule has 3 aromatic rings. The van der Waals surface area contributed by atoms with E-state index < -0.39 is 11.0 Å². The van der Waals surface area contributed by atoms with Gasteiger partial charge in [0.05, 0.1) is 23.3 Å². The van der Waals surface area contributed by atoms with E-state index in [2.05, 4.69) is 6.92 Å². The molecule has 184 valence electrons. The molecule has 35 heavy (non-hydrogen) atoms. The predicted octanol–water partition coefficient (Wildman–Crippen LogP) is 6.62. The zero-order chi connectivity index (χ0) is 25.4. The fraction of sp³-hybridized carbons (Fsp3) is 0.296. The molecule has 1 amide bonds. The van der Waals surface area contributed by atoms with Crippen LogP contribution in [0.4, 0.5) is 16.2 Å². The molecule has 0 saturated carbocycles. The second-order valence-corrected chi connectivity index (χ2v) is 8.26. The van der Waals surface area contributed by atoms with Gasteiger partial charge < -0.3 is 14.6 Å². The summed E-state index contributed by atoms with van der Waals surface area (Å²) in [5, 5.41) is 21.9. The molecule has 0 aliphatic rings. The number of hydrogen-bond acceptors (Lipinski definition) is 6. The summed E-state index contributed by atoms with van der Waals surface area (Å²) in [5.74, 6) is 0.525. The standard InChI is InChI=1S/C27H30N2O6/c1-4-5-6-9-20-16-24(30)26(21-10-7-8-19(2)15-21)25(17-20)35-18-28(27(31)34-3)22-11-13-23(14-12-22)29(32)33/h7-8,10-17,30H,4-6,9,18H2,1-3H3. The molecule has 0 atom stereocenters. The van der Waals surface area contributed by atoms with Crippen LogP contribution < -0.4 is 9.64 Å². The van der Waals surface area contributed by atoms with Crippen LogP contribution in [-0.2, 0) is 11.2 Å². The number of nitro groups is 1. The first-order chi connectivity index (χ1) is 16.8. The first-order valence-electron chi connectivity index (χ1n) is 11.5. The van der Waals surface area contributed by atoms with Crippen molar-refractivity contribution in [3.63, 3.8) is 0 Å². The number of non-ortho nitro benzene ring substituents is 1. The van der Waals surface area contributed by atoms with Crippen LogP contribution in [0.5, 0.6) is 11.5 Å². The van der Waals surface area contributed by atoms with E-state index in [4.69, 9.17) is 9.47 Å². The summed E-state index contributed by atoms with van der Waals surface area (Å²) in [6.07, 6.45) is 3.25. The minimum absolute atomic E-state index is 0.0917. The Kier molecular flexibility index (Phi) is 8.67. The van der Waals surface area contributed by atoms with Gasteiger partial charge in [-0.2, -0.15) is 0 Å². The van der Waals surface area contributed by atoms with E-state index >= 15 is 0 Å². The number of nitrogens with zero attached hydrogens (tertiary/aromatic N) is 2. The molecule has 0 aromatic heterocycles. The number of phenolic OH excluding ortho intramolecular Hbond substituents is 1. The van der Waals surface area contributed by atoms with Crippen LogP contribution in [0.2, 0.25) is 0 Å². The van der Waals surface area contributed by atoms with Gasteiger partial charge in [-0.1, -0.05) is 49.6 Å². The van der Waals surface area contributed by atoms with E-state index in [9.17, 15) is 20.0 Å². The second kappa shape index (κ2) is 11.9. The second-order valence-electron chi connectivity index (χ2n) is 8.26. The van der Waals surface area contributed by atoms with Gasteiger partial charge in [-0.3, -0.25) is 10.1 Å². The number of carbonyl (C=O) groups excluding carboxylic acids is 1. The number of carbonyl (C=O) groups is 1. The Morgan fingerprint density at radius 2 is 1.83 bits per heavy atom. The molecule has 0 aliphatic carbocycles. The first-order valence-corrected chi connectivity index (χ1v) is 11.5. The zero-order valence-corrected chi connectivity index (χ0v) is 20.2. The van der Waals surface area contributed by atoms with Gasteiger partial charge in [-0.25, -0.2) is 9.69 Å². The van der Waals surface area contributed by atoms with Crippen molar-refractivity contribution in [2.75, 3.05) is 18.7 Å². The van der Waals surface area contributed by atoms with Crippen molar-refractivity contribution in [3.8, 4) is 22.6 Å². The van der Waals surface area contributed by atoms with Crippen molar-refractivity contribution in [2.45, 2.75) is 39.5 Å². The molecule has 0 spiro atoms. The summed E-state index contributed by atoms with van der Waals surface area (Å²) in [7, 11) is 1.25. The molecule has 0 heterocycles. The van der Waals surface area contributed by atoms with Crippen LogP contribution in [0.3, 0.4) is 0 Å². The molecule has 0 bridgehead atoms. The monoisotopic (exact) mass is 478 g/mol. The zero-order valence-electron chi connectivity index (χ0n) is 20.2. The summed E-state index contributed by atoms with van der Waals surface area (Å²) < 4.78 is 11.0. The third-order valence-corrected chi connectivity index (χ3v) is 5.63. The Labute approximate surface area is 204 Å². The molecule has 0 fully saturated rings. The number of phenols is 1. The molecule has 3 aromatic carbocycles. The predicted molar refractivity (Wildman–Crippen MR) is 135 cm³/mol. The molecule has 8 heteroatoms. The van der Waals surface area contributed by atoms with E-state index in [0.29, 0.717) is 17.0 Å². The van der Waals surface area contributed by atoms with Crippen molar-refractivity contribution in [1.29, 1.82) is 0 Å². The lowest BCUT2D eigenvalue weighted by molar-refractivity contribution is -0.384. The number of ether oxygens (including phenoxy) is 2. The number of methoxy groups -OCH3 is 1. The van der Waals surface area contributed by atoms with Crippen molar-refractivity contribution < 1.29 is 24.3 Å². The number of benzene rings is 3. The number of anilines is 1. The number of nitro benzene ring substituents is 1. The molecule has 1 N–H and O–H groups in total. The van der Waals surface area contributed by atoms with Gasteiger partial charge in [0.1, 0.15) is 11.5 Å². The van der Waals surface area contributed by atoms with Crippen molar-refractivity contribution in [1.82, 2.24) is 0 Å². The fourth-order valence-corrected chi connectivity index (χ4v) is 3.82. The van der Waals surface area contributed by atoms with Crippen LogP contribution in [-0.4, -0.2) is 30.0 Å². The molecular weight excluding hydrogens is 448 g/mol. The lowest BCUT2D eigenvalue weighted by Gasteiger charge is -2.23. The maximum absolute atomic E-state index is 12.5. The van der Waals surface area contributed by atoms with Gasteiger partial charge in [-0.15, -0.1) is 0 Å². The lowest BCUT2D eigenvalue weighted by Crippen LogP contribution is -2.34. The van der Waals surface area contributed by atoms with Gasteiger partial charge in [0.15, 0.2) is 6.73 Å². The van der Waals surface area contributed by atoms with Crippen molar-refractivity contribution in [2.24, 2.45) is 0 Å². The van der Waals surface area contributed by atoms with E-state index in [1.165, 1.54) is 36.3 Å². The van der Waals surface area contributed by atoms with Crippen LogP contribution >= 0.6 is 0 Å². The Hall–Kier alpha value is -4.07. The van der Waals surface area contributed by atoms with Gasteiger partial charge in [-0.05, 0) is 55.2 Å². The summed E-state index contributed by atoms with van der Waals surface area (Å²) >= 11 is 0. The number of aryl methyl sites for hydroxylation is 2. The van der Waals surface area contributed by atoms with Crippen LogP contribution in [0, 0.1) is 17.0 Å². The molecule has 0 saturated heterocycles. The van der Waals surface area contributed by atoms with Crippen LogP contribution in [0.1, 0.15) is 37.3 Å². The Balaban J connectivity index is 1.96. The Morgan fingerprint density at radius 1 is 1.09 bits per heavy atom. The van der Waals surface area contributed by atoms with E-state index in [0.717, 1.165) is 42.4 Å². The van der Waals surface area contributed by atoms with Gasteiger partial charge in [0.2, 0.25) is 0 Å². The lowest BCUT2D eigenvalue weighted by atomic mass is 9.98. The summed E-state index contributed by atoms with van der Waals surface area (Å²) in [6, 6.07) is 16.9. The van der Waals surface area contributed by atoms with Gasteiger partial charge >= 0.3 is 6.09 Å². The largest absolute Gasteiger partial charge is 0.507 e. The molecule has 0 aliphatic heterocycles. The maximum atomic E-state index is 12.5. The number of unbranched alkanes of at least 4 members (excludes halogenated alkanes) is 2. The average molecular weight is 479 g/mol. The fourth-order valence-electron chi connectivity index (χ4n) is 3.82. The average Bonchev–Trinajstić information content (AvgIpc) is 2.84. The number of hydrogen-bond donors (Lipinski definition) is 1. The first kappa shape index (κ1) is 25.6. The Morgan fingerprint density at radius 3 is 2.46 bits per heavy atom. The van der Waals surface area contributed by atoms with E-state index in [1.807, 2.05) is 37.3 Å². The summed E-state index contributed by atoms with van der Waals surface area (Å²) in [6.45, 7) is 3.88. The summed E-state index contributed by atoms with van der Waals surface area (Å²) in [5.41, 5.74) is 3.57. The quantitative estimate of drug-likeness (QED) is 0.152. The smallest absolute Gasteiger partial charge is 0.416 e. The SMILES string of the molecule is CCCCCc1cc(O)c(-c2cccc(C)c2)c(OCN(C(=O)OC)c2ccc([N+](=O)[O-])cc2)c1. The third-order valence-electron chi connectivity index (χ3n) is 5.63. The minimum atomic E-state index is -0.681. The number of amides is 1. The normalized spacial score (nSPS) is 10.6. The summed E-state index contributed by atoms with van der Waals surface area (Å²) in [4.78, 5) is 24.2. The molecule has 0 radical (unpaired) electrons. The maximum Gasteiger partial charge on any atom is 0.416 e. The van der Waals surface area contributed by atoms with Gasteiger partial charge in [0, 0.05) is 12.1 Å². The molecule has 8 nitrogen and oxygen atoms in total. The number of aromatic hydroxyl groups is 1. The topological polar surface area (TPSA) is 102 Å². The highest BCUT2D eigenvalue weighted by atomic mass is 16.6. The Bertz CT molecular complexity index is 1180. The van der Waals surface area contributed by atoms with Crippen molar-refractivity contribution >= 4 is 17.5 Å². The third kappa shape index (κ3) is 6.50. The van der Waals surface area contributed by atoms with E-state index in [-0.39, 0.29) is 18.2 Å². The highest BCUT2D eigenvalue weighted by Gasteiger charge is 2.21. The van der Waals surface area contributed by atoms with E-state index in [1.54, 1.807) is 6.07 Å². The van der Waals surface area contributed by atoms with Crippen LogP contribution in [0.15, 0.2) is 60.7 Å². The molecule has 0 unspecified atom stereocenters. The molecular formula is C27H30N2O6. The molecule has 3 rings (SSSR count).